The second-order valence-corrected chi connectivity index (χ2v) is 11.9. The SMILES string of the molecule is CCCCCCCCCCCCCCC(C)OS(=O)(=S)CCCCCCCC. The van der Waals surface area contributed by atoms with Gasteiger partial charge in [-0.2, -0.15) is 0 Å². The lowest BCUT2D eigenvalue weighted by Crippen LogP contribution is -2.17. The first-order valence-corrected chi connectivity index (χ1v) is 15.0. The van der Waals surface area contributed by atoms with Crippen molar-refractivity contribution in [3.8, 4) is 0 Å². The van der Waals surface area contributed by atoms with Crippen molar-refractivity contribution >= 4 is 20.0 Å². The number of hydrogen-bond donors (Lipinski definition) is 0. The minimum Gasteiger partial charge on any atom is -0.287 e. The van der Waals surface area contributed by atoms with Crippen LogP contribution in [0.4, 0.5) is 0 Å². The van der Waals surface area contributed by atoms with Crippen molar-refractivity contribution < 1.29 is 8.39 Å². The summed E-state index contributed by atoms with van der Waals surface area (Å²) in [6.07, 6.45) is 24.5. The van der Waals surface area contributed by atoms with Crippen molar-refractivity contribution in [1.82, 2.24) is 0 Å². The fourth-order valence-electron chi connectivity index (χ4n) is 3.68. The third-order valence-electron chi connectivity index (χ3n) is 5.52. The van der Waals surface area contributed by atoms with Gasteiger partial charge in [0.15, 0.2) is 0 Å². The van der Waals surface area contributed by atoms with E-state index < -0.39 is 8.77 Å². The Balaban J connectivity index is 3.47. The molecular formula is C24H50O2S2. The molecule has 0 N–H and O–H groups in total. The highest BCUT2D eigenvalue weighted by molar-refractivity contribution is 8.30. The molecular weight excluding hydrogens is 384 g/mol. The molecule has 0 saturated carbocycles. The van der Waals surface area contributed by atoms with Gasteiger partial charge in [0.2, 0.25) is 0 Å². The summed E-state index contributed by atoms with van der Waals surface area (Å²) in [5.41, 5.74) is 0. The van der Waals surface area contributed by atoms with Crippen molar-refractivity contribution in [2.24, 2.45) is 0 Å². The maximum Gasteiger partial charge on any atom is 0.144 e. The molecule has 0 radical (unpaired) electrons. The first-order valence-electron chi connectivity index (χ1n) is 12.4. The molecule has 0 rings (SSSR count). The predicted octanol–water partition coefficient (Wildman–Crippen LogP) is 8.50. The Labute approximate surface area is 182 Å². The molecule has 0 amide bonds. The van der Waals surface area contributed by atoms with Crippen LogP contribution in [0.5, 0.6) is 0 Å². The average molecular weight is 435 g/mol. The van der Waals surface area contributed by atoms with Gasteiger partial charge in [-0.3, -0.25) is 4.18 Å². The molecule has 2 atom stereocenters. The van der Waals surface area contributed by atoms with Crippen LogP contribution in [0.15, 0.2) is 0 Å². The Morgan fingerprint density at radius 2 is 1.00 bits per heavy atom. The molecule has 0 aliphatic rings. The van der Waals surface area contributed by atoms with Gasteiger partial charge >= 0.3 is 0 Å². The highest BCUT2D eigenvalue weighted by Crippen LogP contribution is 2.15. The van der Waals surface area contributed by atoms with Gasteiger partial charge in [0.1, 0.15) is 8.77 Å². The van der Waals surface area contributed by atoms with Gasteiger partial charge in [-0.15, -0.1) is 0 Å². The Morgan fingerprint density at radius 3 is 1.43 bits per heavy atom. The van der Waals surface area contributed by atoms with E-state index in [-0.39, 0.29) is 6.10 Å². The van der Waals surface area contributed by atoms with Crippen molar-refractivity contribution in [2.75, 3.05) is 5.75 Å². The van der Waals surface area contributed by atoms with Crippen LogP contribution in [0, 0.1) is 0 Å². The zero-order chi connectivity index (χ0) is 20.9. The summed E-state index contributed by atoms with van der Waals surface area (Å²) in [5, 5.41) is 0. The summed E-state index contributed by atoms with van der Waals surface area (Å²) < 4.78 is 18.1. The van der Waals surface area contributed by atoms with Crippen molar-refractivity contribution in [2.45, 2.75) is 149 Å². The lowest BCUT2D eigenvalue weighted by Gasteiger charge is -2.15. The van der Waals surface area contributed by atoms with E-state index in [0.29, 0.717) is 5.75 Å². The first-order chi connectivity index (χ1) is 13.5. The van der Waals surface area contributed by atoms with Crippen LogP contribution in [-0.4, -0.2) is 16.1 Å². The third kappa shape index (κ3) is 21.0. The van der Waals surface area contributed by atoms with Crippen LogP contribution >= 0.6 is 0 Å². The minimum atomic E-state index is -2.51. The van der Waals surface area contributed by atoms with E-state index in [4.69, 9.17) is 15.4 Å². The van der Waals surface area contributed by atoms with E-state index in [1.165, 1.54) is 103 Å². The van der Waals surface area contributed by atoms with Gasteiger partial charge in [-0.05, 0) is 19.8 Å². The lowest BCUT2D eigenvalue weighted by molar-refractivity contribution is 0.228. The monoisotopic (exact) mass is 434 g/mol. The van der Waals surface area contributed by atoms with E-state index in [2.05, 4.69) is 13.8 Å². The van der Waals surface area contributed by atoms with Crippen LogP contribution in [0.25, 0.3) is 0 Å². The third-order valence-corrected chi connectivity index (χ3v) is 7.67. The Kier molecular flexibility index (Phi) is 20.8. The summed E-state index contributed by atoms with van der Waals surface area (Å²) in [7, 11) is -2.51. The maximum atomic E-state index is 12.4. The molecule has 0 saturated heterocycles. The number of rotatable bonds is 22. The summed E-state index contributed by atoms with van der Waals surface area (Å²) in [6, 6.07) is 0. The van der Waals surface area contributed by atoms with Gasteiger partial charge < -0.3 is 0 Å². The highest BCUT2D eigenvalue weighted by Gasteiger charge is 2.12. The fourth-order valence-corrected chi connectivity index (χ4v) is 5.69. The molecule has 2 unspecified atom stereocenters. The maximum absolute atomic E-state index is 12.4. The zero-order valence-corrected chi connectivity index (χ0v) is 21.0. The van der Waals surface area contributed by atoms with E-state index in [9.17, 15) is 4.21 Å². The minimum absolute atomic E-state index is 0.0354. The van der Waals surface area contributed by atoms with Gasteiger partial charge in [-0.1, -0.05) is 123 Å². The molecule has 0 aromatic heterocycles. The second kappa shape index (κ2) is 20.6. The molecule has 4 heteroatoms. The normalized spacial score (nSPS) is 14.8. The molecule has 0 bridgehead atoms. The van der Waals surface area contributed by atoms with Crippen LogP contribution in [0.2, 0.25) is 0 Å². The lowest BCUT2D eigenvalue weighted by atomic mass is 10.0. The molecule has 0 spiro atoms. The van der Waals surface area contributed by atoms with Crippen molar-refractivity contribution in [3.63, 3.8) is 0 Å². The quantitative estimate of drug-likeness (QED) is 0.160. The summed E-state index contributed by atoms with van der Waals surface area (Å²) >= 11 is 5.22. The first kappa shape index (κ1) is 28.3. The molecule has 0 aliphatic carbocycles. The Morgan fingerprint density at radius 1 is 0.643 bits per heavy atom. The van der Waals surface area contributed by atoms with Gasteiger partial charge in [0.25, 0.3) is 0 Å². The molecule has 0 aromatic rings. The zero-order valence-electron chi connectivity index (χ0n) is 19.4. The van der Waals surface area contributed by atoms with Gasteiger partial charge in [-0.25, -0.2) is 4.21 Å². The van der Waals surface area contributed by atoms with Crippen molar-refractivity contribution in [3.05, 3.63) is 0 Å². The molecule has 0 fully saturated rings. The molecule has 28 heavy (non-hydrogen) atoms. The summed E-state index contributed by atoms with van der Waals surface area (Å²) in [5.74, 6) is 0.553. The number of hydrogen-bond acceptors (Lipinski definition) is 3. The van der Waals surface area contributed by atoms with Crippen LogP contribution in [0.3, 0.4) is 0 Å². The topological polar surface area (TPSA) is 26.3 Å². The molecule has 170 valence electrons. The molecule has 0 aromatic carbocycles. The standard InChI is InChI=1S/C24H50O2S2/c1-4-6-8-10-12-13-14-15-16-17-18-20-22-24(3)26-28(25,27)23-21-19-11-9-7-5-2/h24H,4-23H2,1-3H3. The molecule has 0 aliphatic heterocycles. The summed E-state index contributed by atoms with van der Waals surface area (Å²) in [6.45, 7) is 6.53. The molecule has 2 nitrogen and oxygen atoms in total. The largest absolute Gasteiger partial charge is 0.287 e. The Bertz CT molecular complexity index is 407. The van der Waals surface area contributed by atoms with Gasteiger partial charge in [0.05, 0.1) is 11.9 Å². The number of unbranched alkanes of at least 4 members (excludes halogenated alkanes) is 16. The summed E-state index contributed by atoms with van der Waals surface area (Å²) in [4.78, 5) is 0. The van der Waals surface area contributed by atoms with Crippen LogP contribution in [0.1, 0.15) is 143 Å². The fraction of sp³-hybridized carbons (Fsp3) is 1.00. The van der Waals surface area contributed by atoms with E-state index in [0.717, 1.165) is 19.3 Å². The second-order valence-electron chi connectivity index (χ2n) is 8.61. The predicted molar refractivity (Wildman–Crippen MR) is 130 cm³/mol. The highest BCUT2D eigenvalue weighted by atomic mass is 32.8. The van der Waals surface area contributed by atoms with Crippen LogP contribution < -0.4 is 0 Å². The average Bonchev–Trinajstić information content (AvgIpc) is 2.65. The molecule has 0 heterocycles. The Hall–Kier alpha value is 0.330. The van der Waals surface area contributed by atoms with E-state index in [1.54, 1.807) is 0 Å². The van der Waals surface area contributed by atoms with E-state index >= 15 is 0 Å². The van der Waals surface area contributed by atoms with E-state index in [1.807, 2.05) is 6.92 Å². The smallest absolute Gasteiger partial charge is 0.144 e. The van der Waals surface area contributed by atoms with Crippen molar-refractivity contribution in [1.29, 1.82) is 0 Å². The van der Waals surface area contributed by atoms with Gasteiger partial charge in [0, 0.05) is 11.2 Å². The van der Waals surface area contributed by atoms with Crippen LogP contribution in [-0.2, 0) is 24.1 Å².